The van der Waals surface area contributed by atoms with Crippen molar-refractivity contribution in [3.8, 4) is 6.07 Å². The highest BCUT2D eigenvalue weighted by Gasteiger charge is 2.33. The molecule has 2 aromatic heterocycles. The minimum Gasteiger partial charge on any atom is -0.481 e. The van der Waals surface area contributed by atoms with Gasteiger partial charge in [-0.2, -0.15) is 5.26 Å². The molecule has 126 valence electrons. The zero-order valence-corrected chi connectivity index (χ0v) is 13.4. The summed E-state index contributed by atoms with van der Waals surface area (Å²) < 4.78 is 16.9. The lowest BCUT2D eigenvalue weighted by molar-refractivity contribution is -0.136. The van der Waals surface area contributed by atoms with E-state index in [-0.39, 0.29) is 35.2 Å². The molecule has 0 saturated carbocycles. The van der Waals surface area contributed by atoms with Gasteiger partial charge in [0.15, 0.2) is 5.67 Å². The summed E-state index contributed by atoms with van der Waals surface area (Å²) in [4.78, 5) is 27.1. The van der Waals surface area contributed by atoms with Crippen molar-refractivity contribution in [2.24, 2.45) is 7.05 Å². The second-order valence-corrected chi connectivity index (χ2v) is 5.88. The fourth-order valence-electron chi connectivity index (χ4n) is 2.87. The number of carboxylic acids is 1. The highest BCUT2D eigenvalue weighted by atomic mass is 19.1. The van der Waals surface area contributed by atoms with Crippen molar-refractivity contribution in [1.29, 1.82) is 5.26 Å². The van der Waals surface area contributed by atoms with Crippen LogP contribution in [0, 0.1) is 11.3 Å². The molecule has 0 aliphatic heterocycles. The van der Waals surface area contributed by atoms with Crippen LogP contribution in [0.4, 0.5) is 4.39 Å². The zero-order valence-electron chi connectivity index (χ0n) is 13.4. The highest BCUT2D eigenvalue weighted by Crippen LogP contribution is 2.38. The largest absolute Gasteiger partial charge is 0.481 e. The van der Waals surface area contributed by atoms with E-state index in [0.29, 0.717) is 11.1 Å². The van der Waals surface area contributed by atoms with Crippen LogP contribution < -0.4 is 5.56 Å². The molecule has 0 bridgehead atoms. The zero-order chi connectivity index (χ0) is 18.2. The van der Waals surface area contributed by atoms with Crippen molar-refractivity contribution in [1.82, 2.24) is 9.55 Å². The molecule has 1 N–H and O–H groups in total. The number of allylic oxidation sites excluding steroid dienone is 3. The Morgan fingerprint density at radius 1 is 1.52 bits per heavy atom. The van der Waals surface area contributed by atoms with E-state index in [0.717, 1.165) is 0 Å². The van der Waals surface area contributed by atoms with Crippen LogP contribution in [0.25, 0.3) is 11.0 Å². The number of aromatic nitrogens is 2. The lowest BCUT2D eigenvalue weighted by atomic mass is 9.86. The van der Waals surface area contributed by atoms with Crippen molar-refractivity contribution in [3.05, 3.63) is 63.6 Å². The molecular weight excluding hydrogens is 325 g/mol. The Bertz CT molecular complexity index is 1050. The third-order valence-electron chi connectivity index (χ3n) is 4.23. The number of halogens is 1. The minimum atomic E-state index is -1.99. The second kappa shape index (κ2) is 5.98. The van der Waals surface area contributed by atoms with Crippen molar-refractivity contribution in [2.75, 3.05) is 0 Å². The van der Waals surface area contributed by atoms with Crippen LogP contribution in [0.1, 0.15) is 24.1 Å². The molecule has 7 heteroatoms. The fourth-order valence-corrected chi connectivity index (χ4v) is 2.87. The Kier molecular flexibility index (Phi) is 3.97. The number of aliphatic carboxylic acids is 1. The maximum Gasteiger partial charge on any atom is 0.307 e. The molecule has 1 atom stereocenters. The van der Waals surface area contributed by atoms with Gasteiger partial charge in [-0.3, -0.25) is 9.59 Å². The highest BCUT2D eigenvalue weighted by molar-refractivity contribution is 5.80. The first-order valence-corrected chi connectivity index (χ1v) is 7.54. The topological polar surface area (TPSA) is 96.0 Å². The number of pyridine rings is 2. The van der Waals surface area contributed by atoms with Gasteiger partial charge in [0.2, 0.25) is 0 Å². The minimum absolute atomic E-state index is 0.0737. The molecule has 1 unspecified atom stereocenters. The summed E-state index contributed by atoms with van der Waals surface area (Å²) in [5, 5.41) is 17.9. The first kappa shape index (κ1) is 16.6. The SMILES string of the molecule is Cn1c(=O)cc(C2(F)C=CC(CC(=O)O)=CC2)c2nc(C#N)ccc21. The Balaban J connectivity index is 2.16. The number of aryl methyl sites for hydroxylation is 1. The van der Waals surface area contributed by atoms with E-state index in [9.17, 15) is 9.59 Å². The van der Waals surface area contributed by atoms with Gasteiger partial charge in [-0.15, -0.1) is 0 Å². The molecule has 0 saturated heterocycles. The van der Waals surface area contributed by atoms with Gasteiger partial charge in [0.25, 0.3) is 5.56 Å². The van der Waals surface area contributed by atoms with E-state index < -0.39 is 11.6 Å². The molecule has 0 radical (unpaired) electrons. The van der Waals surface area contributed by atoms with Crippen molar-refractivity contribution in [2.45, 2.75) is 18.5 Å². The van der Waals surface area contributed by atoms with Crippen LogP contribution >= 0.6 is 0 Å². The van der Waals surface area contributed by atoms with Gasteiger partial charge >= 0.3 is 5.97 Å². The van der Waals surface area contributed by atoms with Gasteiger partial charge in [0, 0.05) is 25.1 Å². The molecule has 2 aromatic rings. The molecule has 0 fully saturated rings. The number of fused-ring (bicyclic) bond motifs is 1. The summed E-state index contributed by atoms with van der Waals surface area (Å²) in [7, 11) is 1.55. The fraction of sp³-hybridized carbons (Fsp3) is 0.222. The first-order chi connectivity index (χ1) is 11.8. The van der Waals surface area contributed by atoms with Crippen molar-refractivity contribution < 1.29 is 14.3 Å². The molecule has 0 aromatic carbocycles. The summed E-state index contributed by atoms with van der Waals surface area (Å²) in [6, 6.07) is 6.12. The molecule has 6 nitrogen and oxygen atoms in total. The number of nitrogens with zero attached hydrogens (tertiary/aromatic N) is 3. The van der Waals surface area contributed by atoms with Gasteiger partial charge in [-0.25, -0.2) is 9.37 Å². The summed E-state index contributed by atoms with van der Waals surface area (Å²) in [6.45, 7) is 0. The maximum atomic E-state index is 15.5. The van der Waals surface area contributed by atoms with E-state index in [2.05, 4.69) is 4.98 Å². The average molecular weight is 339 g/mol. The van der Waals surface area contributed by atoms with Gasteiger partial charge in [0.05, 0.1) is 17.5 Å². The average Bonchev–Trinajstić information content (AvgIpc) is 2.59. The van der Waals surface area contributed by atoms with Gasteiger partial charge < -0.3 is 9.67 Å². The standard InChI is InChI=1S/C18H14FN3O3/c1-22-14-3-2-12(10-20)21-17(14)13(9-15(22)23)18(19)6-4-11(5-7-18)8-16(24)25/h2-6,9H,7-8H2,1H3,(H,24,25). The quantitative estimate of drug-likeness (QED) is 0.926. The summed E-state index contributed by atoms with van der Waals surface area (Å²) in [5.41, 5.74) is -1.02. The van der Waals surface area contributed by atoms with Crippen LogP contribution in [0.3, 0.4) is 0 Å². The van der Waals surface area contributed by atoms with E-state index in [1.165, 1.54) is 34.9 Å². The molecule has 2 heterocycles. The van der Waals surface area contributed by atoms with Crippen LogP contribution in [0.5, 0.6) is 0 Å². The van der Waals surface area contributed by atoms with E-state index in [1.807, 2.05) is 6.07 Å². The third kappa shape index (κ3) is 2.94. The van der Waals surface area contributed by atoms with Crippen LogP contribution in [-0.4, -0.2) is 20.6 Å². The number of hydrogen-bond acceptors (Lipinski definition) is 4. The van der Waals surface area contributed by atoms with Crippen LogP contribution in [-0.2, 0) is 17.5 Å². The number of carbonyl (C=O) groups is 1. The Hall–Kier alpha value is -3.27. The predicted molar refractivity (Wildman–Crippen MR) is 88.6 cm³/mol. The molecule has 1 aliphatic rings. The Morgan fingerprint density at radius 3 is 2.88 bits per heavy atom. The van der Waals surface area contributed by atoms with Gasteiger partial charge in [-0.1, -0.05) is 12.2 Å². The molecule has 3 rings (SSSR count). The summed E-state index contributed by atoms with van der Waals surface area (Å²) in [6.07, 6.45) is 3.87. The van der Waals surface area contributed by atoms with E-state index in [4.69, 9.17) is 10.4 Å². The van der Waals surface area contributed by atoms with E-state index >= 15 is 4.39 Å². The first-order valence-electron chi connectivity index (χ1n) is 7.54. The number of carboxylic acid groups (broad SMARTS) is 1. The summed E-state index contributed by atoms with van der Waals surface area (Å²) in [5.74, 6) is -0.999. The van der Waals surface area contributed by atoms with Crippen molar-refractivity contribution in [3.63, 3.8) is 0 Å². The number of rotatable bonds is 3. The Labute approximate surface area is 142 Å². The molecule has 25 heavy (non-hydrogen) atoms. The lowest BCUT2D eigenvalue weighted by Gasteiger charge is -2.25. The molecule has 0 spiro atoms. The second-order valence-electron chi connectivity index (χ2n) is 5.88. The normalized spacial score (nSPS) is 19.5. The Morgan fingerprint density at radius 2 is 2.28 bits per heavy atom. The summed E-state index contributed by atoms with van der Waals surface area (Å²) >= 11 is 0. The smallest absolute Gasteiger partial charge is 0.307 e. The lowest BCUT2D eigenvalue weighted by Crippen LogP contribution is -2.26. The molecule has 0 amide bonds. The van der Waals surface area contributed by atoms with Gasteiger partial charge in [0.1, 0.15) is 11.8 Å². The van der Waals surface area contributed by atoms with Crippen LogP contribution in [0.15, 0.2) is 46.8 Å². The maximum absolute atomic E-state index is 15.5. The van der Waals surface area contributed by atoms with Crippen LogP contribution in [0.2, 0.25) is 0 Å². The molecule has 1 aliphatic carbocycles. The third-order valence-corrected chi connectivity index (χ3v) is 4.23. The van der Waals surface area contributed by atoms with Gasteiger partial charge in [-0.05, 0) is 23.8 Å². The number of alkyl halides is 1. The number of hydrogen-bond donors (Lipinski definition) is 1. The molecular formula is C18H14FN3O3. The van der Waals surface area contributed by atoms with E-state index in [1.54, 1.807) is 13.1 Å². The predicted octanol–water partition coefficient (Wildman–Crippen LogP) is 2.33. The monoisotopic (exact) mass is 339 g/mol. The number of nitriles is 1. The van der Waals surface area contributed by atoms with Crippen molar-refractivity contribution >= 4 is 17.0 Å².